The molecule has 0 radical (unpaired) electrons. The first kappa shape index (κ1) is 14.6. The number of nitrogens with one attached hydrogen (secondary N) is 1. The van der Waals surface area contributed by atoms with E-state index in [9.17, 15) is 8.42 Å². The van der Waals surface area contributed by atoms with Crippen molar-refractivity contribution in [3.8, 4) is 0 Å². The zero-order chi connectivity index (χ0) is 13.0. The molecule has 2 atom stereocenters. The molecular formula is C12H23ClN2O2S. The standard InChI is InChI=1S/C12H23ClN2O2S/c13-6-1-2-9-18(16,17)14-11-5-8-15-7-3-4-12(15)10-11/h11-12,14H,1-10H2. The second-order valence-corrected chi connectivity index (χ2v) is 7.64. The largest absolute Gasteiger partial charge is 0.300 e. The fraction of sp³-hybridized carbons (Fsp3) is 1.00. The number of fused-ring (bicyclic) bond motifs is 1. The third-order valence-electron chi connectivity index (χ3n) is 3.96. The molecule has 2 unspecified atom stereocenters. The van der Waals surface area contributed by atoms with Gasteiger partial charge in [-0.1, -0.05) is 0 Å². The van der Waals surface area contributed by atoms with Gasteiger partial charge in [-0.2, -0.15) is 0 Å². The van der Waals surface area contributed by atoms with Crippen LogP contribution >= 0.6 is 11.6 Å². The number of halogens is 1. The van der Waals surface area contributed by atoms with Gasteiger partial charge in [-0.15, -0.1) is 11.6 Å². The highest BCUT2D eigenvalue weighted by Gasteiger charge is 2.33. The minimum absolute atomic E-state index is 0.144. The van der Waals surface area contributed by atoms with E-state index in [2.05, 4.69) is 9.62 Å². The van der Waals surface area contributed by atoms with Crippen LogP contribution in [-0.2, 0) is 10.0 Å². The van der Waals surface area contributed by atoms with Crippen molar-refractivity contribution in [3.05, 3.63) is 0 Å². The quantitative estimate of drug-likeness (QED) is 0.597. The van der Waals surface area contributed by atoms with E-state index in [0.717, 1.165) is 25.8 Å². The number of piperidine rings is 1. The molecule has 1 N–H and O–H groups in total. The van der Waals surface area contributed by atoms with Gasteiger partial charge in [0, 0.05) is 18.0 Å². The molecule has 2 fully saturated rings. The van der Waals surface area contributed by atoms with E-state index in [1.807, 2.05) is 0 Å². The monoisotopic (exact) mass is 294 g/mol. The molecule has 0 aromatic carbocycles. The van der Waals surface area contributed by atoms with Crippen molar-refractivity contribution in [2.75, 3.05) is 24.7 Å². The van der Waals surface area contributed by atoms with E-state index >= 15 is 0 Å². The number of hydrogen-bond donors (Lipinski definition) is 1. The fourth-order valence-electron chi connectivity index (χ4n) is 3.03. The van der Waals surface area contributed by atoms with Crippen LogP contribution in [0.3, 0.4) is 0 Å². The average Bonchev–Trinajstić information content (AvgIpc) is 2.75. The summed E-state index contributed by atoms with van der Waals surface area (Å²) in [6, 6.07) is 0.750. The van der Waals surface area contributed by atoms with Crippen LogP contribution in [0.4, 0.5) is 0 Å². The van der Waals surface area contributed by atoms with Gasteiger partial charge in [0.05, 0.1) is 5.75 Å². The maximum absolute atomic E-state index is 11.9. The van der Waals surface area contributed by atoms with E-state index < -0.39 is 10.0 Å². The predicted molar refractivity (Wildman–Crippen MR) is 74.5 cm³/mol. The Kier molecular flexibility index (Phi) is 5.30. The first-order chi connectivity index (χ1) is 8.61. The third-order valence-corrected chi connectivity index (χ3v) is 5.75. The molecule has 0 bridgehead atoms. The van der Waals surface area contributed by atoms with Gasteiger partial charge in [0.2, 0.25) is 10.0 Å². The zero-order valence-corrected chi connectivity index (χ0v) is 12.3. The molecular weight excluding hydrogens is 272 g/mol. The molecule has 2 rings (SSSR count). The van der Waals surface area contributed by atoms with Crippen molar-refractivity contribution in [1.29, 1.82) is 0 Å². The van der Waals surface area contributed by atoms with Crippen LogP contribution in [0.5, 0.6) is 0 Å². The van der Waals surface area contributed by atoms with E-state index in [4.69, 9.17) is 11.6 Å². The second-order valence-electron chi connectivity index (χ2n) is 5.39. The predicted octanol–water partition coefficient (Wildman–Crippen LogP) is 1.55. The Hall–Kier alpha value is 0.160. The lowest BCUT2D eigenvalue weighted by Gasteiger charge is -2.34. The second kappa shape index (κ2) is 6.55. The topological polar surface area (TPSA) is 49.4 Å². The molecule has 2 heterocycles. The van der Waals surface area contributed by atoms with Crippen molar-refractivity contribution in [2.24, 2.45) is 0 Å². The summed E-state index contributed by atoms with van der Waals surface area (Å²) >= 11 is 5.56. The van der Waals surface area contributed by atoms with Crippen LogP contribution < -0.4 is 4.72 Å². The number of sulfonamides is 1. The summed E-state index contributed by atoms with van der Waals surface area (Å²) < 4.78 is 26.7. The van der Waals surface area contributed by atoms with Crippen molar-refractivity contribution in [1.82, 2.24) is 9.62 Å². The number of unbranched alkanes of at least 4 members (excludes halogenated alkanes) is 1. The summed E-state index contributed by atoms with van der Waals surface area (Å²) in [5.74, 6) is 0.751. The summed E-state index contributed by atoms with van der Waals surface area (Å²) in [5, 5.41) is 0. The van der Waals surface area contributed by atoms with E-state index in [1.54, 1.807) is 0 Å². The van der Waals surface area contributed by atoms with Crippen LogP contribution in [0.1, 0.15) is 38.5 Å². The van der Waals surface area contributed by atoms with E-state index in [0.29, 0.717) is 18.3 Å². The summed E-state index contributed by atoms with van der Waals surface area (Å²) in [7, 11) is -3.11. The molecule has 2 aliphatic heterocycles. The molecule has 106 valence electrons. The smallest absolute Gasteiger partial charge is 0.211 e. The maximum atomic E-state index is 11.9. The molecule has 0 aromatic heterocycles. The first-order valence-electron chi connectivity index (χ1n) is 6.91. The Balaban J connectivity index is 1.78. The van der Waals surface area contributed by atoms with Gasteiger partial charge in [-0.3, -0.25) is 0 Å². The summed E-state index contributed by atoms with van der Waals surface area (Å²) in [4.78, 5) is 2.50. The lowest BCUT2D eigenvalue weighted by Crippen LogP contribution is -2.47. The van der Waals surface area contributed by atoms with E-state index in [1.165, 1.54) is 19.4 Å². The summed E-state index contributed by atoms with van der Waals surface area (Å²) in [6.07, 6.45) is 5.84. The molecule has 0 amide bonds. The highest BCUT2D eigenvalue weighted by Crippen LogP contribution is 2.27. The van der Waals surface area contributed by atoms with Crippen molar-refractivity contribution < 1.29 is 8.42 Å². The molecule has 4 nitrogen and oxygen atoms in total. The molecule has 0 saturated carbocycles. The van der Waals surface area contributed by atoms with Crippen molar-refractivity contribution in [2.45, 2.75) is 50.6 Å². The van der Waals surface area contributed by atoms with Crippen LogP contribution in [0.15, 0.2) is 0 Å². The SMILES string of the molecule is O=S(=O)(CCCCCl)NC1CCN2CCCC2C1. The van der Waals surface area contributed by atoms with Gasteiger partial charge in [0.1, 0.15) is 0 Å². The van der Waals surface area contributed by atoms with Crippen LogP contribution in [0.2, 0.25) is 0 Å². The third kappa shape index (κ3) is 4.08. The van der Waals surface area contributed by atoms with Crippen LogP contribution in [0, 0.1) is 0 Å². The fourth-order valence-corrected chi connectivity index (χ4v) is 4.64. The molecule has 0 aliphatic carbocycles. The van der Waals surface area contributed by atoms with Crippen molar-refractivity contribution in [3.63, 3.8) is 0 Å². The molecule has 2 aliphatic rings. The van der Waals surface area contributed by atoms with Crippen LogP contribution in [-0.4, -0.2) is 50.1 Å². The van der Waals surface area contributed by atoms with Gasteiger partial charge in [-0.25, -0.2) is 13.1 Å². The Morgan fingerprint density at radius 3 is 2.83 bits per heavy atom. The molecule has 0 aromatic rings. The molecule has 6 heteroatoms. The van der Waals surface area contributed by atoms with Gasteiger partial charge in [0.15, 0.2) is 0 Å². The highest BCUT2D eigenvalue weighted by atomic mass is 35.5. The number of alkyl halides is 1. The Morgan fingerprint density at radius 1 is 1.22 bits per heavy atom. The van der Waals surface area contributed by atoms with Crippen molar-refractivity contribution >= 4 is 21.6 Å². The number of rotatable bonds is 6. The maximum Gasteiger partial charge on any atom is 0.211 e. The first-order valence-corrected chi connectivity index (χ1v) is 9.09. The molecule has 2 saturated heterocycles. The van der Waals surface area contributed by atoms with Crippen LogP contribution in [0.25, 0.3) is 0 Å². The number of hydrogen-bond acceptors (Lipinski definition) is 3. The Labute approximate surface area is 115 Å². The minimum atomic E-state index is -3.11. The molecule has 0 spiro atoms. The normalized spacial score (nSPS) is 29.4. The lowest BCUT2D eigenvalue weighted by atomic mass is 9.99. The van der Waals surface area contributed by atoms with Gasteiger partial charge < -0.3 is 4.90 Å². The summed E-state index contributed by atoms with van der Waals surface area (Å²) in [6.45, 7) is 2.24. The summed E-state index contributed by atoms with van der Waals surface area (Å²) in [5.41, 5.74) is 0. The molecule has 18 heavy (non-hydrogen) atoms. The zero-order valence-electron chi connectivity index (χ0n) is 10.8. The average molecular weight is 295 g/mol. The van der Waals surface area contributed by atoms with E-state index in [-0.39, 0.29) is 11.8 Å². The highest BCUT2D eigenvalue weighted by molar-refractivity contribution is 7.89. The minimum Gasteiger partial charge on any atom is -0.300 e. The lowest BCUT2D eigenvalue weighted by molar-refractivity contribution is 0.176. The van der Waals surface area contributed by atoms with Gasteiger partial charge in [-0.05, 0) is 51.6 Å². The Morgan fingerprint density at radius 2 is 2.06 bits per heavy atom. The Bertz CT molecular complexity index is 361. The van der Waals surface area contributed by atoms with Gasteiger partial charge in [0.25, 0.3) is 0 Å². The van der Waals surface area contributed by atoms with Gasteiger partial charge >= 0.3 is 0 Å². The number of nitrogens with zero attached hydrogens (tertiary/aromatic N) is 1.